The highest BCUT2D eigenvalue weighted by Crippen LogP contribution is 2.16. The van der Waals surface area contributed by atoms with Crippen molar-refractivity contribution in [3.05, 3.63) is 23.9 Å². The first kappa shape index (κ1) is 13.2. The highest BCUT2D eigenvalue weighted by Gasteiger charge is 2.23. The topological polar surface area (TPSA) is 85.1 Å². The van der Waals surface area contributed by atoms with Gasteiger partial charge in [0.05, 0.1) is 17.2 Å². The number of nitrogens with one attached hydrogen (secondary N) is 1. The highest BCUT2D eigenvalue weighted by atomic mass is 32.2. The molecule has 1 fully saturated rings. The quantitative estimate of drug-likeness (QED) is 0.795. The molecule has 0 atom stereocenters. The van der Waals surface area contributed by atoms with Gasteiger partial charge >= 0.3 is 0 Å². The summed E-state index contributed by atoms with van der Waals surface area (Å²) < 4.78 is 22.6. The van der Waals surface area contributed by atoms with Gasteiger partial charge in [-0.25, -0.2) is 13.4 Å². The molecule has 7 heteroatoms. The van der Waals surface area contributed by atoms with Crippen LogP contribution >= 0.6 is 12.2 Å². The fourth-order valence-electron chi connectivity index (χ4n) is 1.90. The van der Waals surface area contributed by atoms with Gasteiger partial charge in [0.25, 0.3) is 0 Å². The number of pyridine rings is 1. The minimum absolute atomic E-state index is 0.141. The molecule has 0 amide bonds. The summed E-state index contributed by atoms with van der Waals surface area (Å²) in [5, 5.41) is 3.22. The van der Waals surface area contributed by atoms with Gasteiger partial charge in [-0.3, -0.25) is 0 Å². The molecule has 0 unspecified atom stereocenters. The maximum absolute atomic E-state index is 11.3. The van der Waals surface area contributed by atoms with Gasteiger partial charge in [-0.2, -0.15) is 0 Å². The predicted molar refractivity (Wildman–Crippen MR) is 75.4 cm³/mol. The zero-order valence-corrected chi connectivity index (χ0v) is 11.4. The molecular formula is C11H15N3O2S2. The van der Waals surface area contributed by atoms with Gasteiger partial charge in [0.2, 0.25) is 0 Å². The van der Waals surface area contributed by atoms with Crippen molar-refractivity contribution >= 4 is 32.9 Å². The normalized spacial score (nSPS) is 19.3. The van der Waals surface area contributed by atoms with E-state index in [4.69, 9.17) is 18.0 Å². The first-order valence-electron chi connectivity index (χ1n) is 5.70. The highest BCUT2D eigenvalue weighted by molar-refractivity contribution is 7.91. The number of thiocarbonyl (C=S) groups is 1. The van der Waals surface area contributed by atoms with Gasteiger partial charge in [0.15, 0.2) is 0 Å². The Kier molecular flexibility index (Phi) is 3.82. The Morgan fingerprint density at radius 1 is 1.39 bits per heavy atom. The lowest BCUT2D eigenvalue weighted by Crippen LogP contribution is -2.32. The van der Waals surface area contributed by atoms with Crippen molar-refractivity contribution < 1.29 is 8.42 Å². The van der Waals surface area contributed by atoms with Gasteiger partial charge in [-0.15, -0.1) is 0 Å². The molecule has 1 aliphatic heterocycles. The molecule has 98 valence electrons. The van der Waals surface area contributed by atoms with Crippen molar-refractivity contribution in [1.82, 2.24) is 4.98 Å². The average Bonchev–Trinajstić information content (AvgIpc) is 2.32. The standard InChI is InChI=1S/C11H15N3O2S2/c12-11(17)9-2-1-3-10(14-9)13-8-4-6-18(15,16)7-5-8/h1-3,8H,4-7H2,(H2,12,17)(H,13,14). The summed E-state index contributed by atoms with van der Waals surface area (Å²) in [6, 6.07) is 5.54. The number of sulfone groups is 1. The average molecular weight is 285 g/mol. The molecule has 1 saturated heterocycles. The number of hydrogen-bond donors (Lipinski definition) is 2. The van der Waals surface area contributed by atoms with E-state index in [2.05, 4.69) is 10.3 Å². The zero-order valence-electron chi connectivity index (χ0n) is 9.80. The molecule has 0 aliphatic carbocycles. The van der Waals surface area contributed by atoms with E-state index in [9.17, 15) is 8.42 Å². The third-order valence-corrected chi connectivity index (χ3v) is 4.83. The molecule has 2 rings (SSSR count). The number of anilines is 1. The van der Waals surface area contributed by atoms with E-state index in [1.165, 1.54) is 0 Å². The molecule has 0 aromatic carbocycles. The van der Waals surface area contributed by atoms with Crippen LogP contribution in [0.5, 0.6) is 0 Å². The number of hydrogen-bond acceptors (Lipinski definition) is 5. The lowest BCUT2D eigenvalue weighted by atomic mass is 10.1. The summed E-state index contributed by atoms with van der Waals surface area (Å²) in [6.45, 7) is 0. The Bertz CT molecular complexity index is 543. The van der Waals surface area contributed by atoms with Crippen molar-refractivity contribution in [3.8, 4) is 0 Å². The first-order chi connectivity index (χ1) is 8.46. The first-order valence-corrected chi connectivity index (χ1v) is 7.93. The second-order valence-corrected chi connectivity index (χ2v) is 7.09. The molecule has 1 aliphatic rings. The Hall–Kier alpha value is -1.21. The smallest absolute Gasteiger partial charge is 0.150 e. The van der Waals surface area contributed by atoms with Crippen molar-refractivity contribution in [2.24, 2.45) is 5.73 Å². The number of rotatable bonds is 3. The van der Waals surface area contributed by atoms with E-state index in [0.29, 0.717) is 24.4 Å². The Labute approximate surface area is 112 Å². The van der Waals surface area contributed by atoms with Crippen LogP contribution in [0.1, 0.15) is 18.5 Å². The van der Waals surface area contributed by atoms with E-state index in [-0.39, 0.29) is 22.5 Å². The van der Waals surface area contributed by atoms with Crippen LogP contribution in [0, 0.1) is 0 Å². The summed E-state index contributed by atoms with van der Waals surface area (Å²) >= 11 is 4.86. The predicted octanol–water partition coefficient (Wildman–Crippen LogP) is 0.705. The van der Waals surface area contributed by atoms with Gasteiger partial charge in [0, 0.05) is 6.04 Å². The van der Waals surface area contributed by atoms with Gasteiger partial charge in [-0.1, -0.05) is 18.3 Å². The zero-order chi connectivity index (χ0) is 13.2. The Morgan fingerprint density at radius 2 is 2.06 bits per heavy atom. The van der Waals surface area contributed by atoms with Crippen molar-refractivity contribution in [2.45, 2.75) is 18.9 Å². The lowest BCUT2D eigenvalue weighted by molar-refractivity contribution is 0.559. The second-order valence-electron chi connectivity index (χ2n) is 4.34. The maximum Gasteiger partial charge on any atom is 0.150 e. The van der Waals surface area contributed by atoms with E-state index in [1.807, 2.05) is 12.1 Å². The van der Waals surface area contributed by atoms with E-state index in [0.717, 1.165) is 0 Å². The third-order valence-electron chi connectivity index (χ3n) is 2.91. The molecule has 1 aromatic rings. The van der Waals surface area contributed by atoms with Crippen LogP contribution in [0.25, 0.3) is 0 Å². The van der Waals surface area contributed by atoms with Gasteiger partial charge in [0.1, 0.15) is 20.6 Å². The SMILES string of the molecule is NC(=S)c1cccc(NC2CCS(=O)(=O)CC2)n1. The van der Waals surface area contributed by atoms with Crippen LogP contribution < -0.4 is 11.1 Å². The molecule has 2 heterocycles. The summed E-state index contributed by atoms with van der Waals surface area (Å²) in [4.78, 5) is 4.53. The molecule has 18 heavy (non-hydrogen) atoms. The molecule has 0 spiro atoms. The maximum atomic E-state index is 11.3. The van der Waals surface area contributed by atoms with Crippen molar-refractivity contribution in [3.63, 3.8) is 0 Å². The largest absolute Gasteiger partial charge is 0.388 e. The fourth-order valence-corrected chi connectivity index (χ4v) is 3.50. The molecule has 0 saturated carbocycles. The van der Waals surface area contributed by atoms with Crippen molar-refractivity contribution in [1.29, 1.82) is 0 Å². The van der Waals surface area contributed by atoms with Crippen LogP contribution in [-0.4, -0.2) is 35.9 Å². The fraction of sp³-hybridized carbons (Fsp3) is 0.455. The molecule has 1 aromatic heterocycles. The lowest BCUT2D eigenvalue weighted by Gasteiger charge is -2.23. The summed E-state index contributed by atoms with van der Waals surface area (Å²) in [7, 11) is -2.83. The third kappa shape index (κ3) is 3.39. The second kappa shape index (κ2) is 5.19. The Balaban J connectivity index is 2.02. The summed E-state index contributed by atoms with van der Waals surface area (Å²) in [5.41, 5.74) is 6.08. The van der Waals surface area contributed by atoms with E-state index >= 15 is 0 Å². The van der Waals surface area contributed by atoms with E-state index < -0.39 is 9.84 Å². The van der Waals surface area contributed by atoms with Gasteiger partial charge < -0.3 is 11.1 Å². The molecule has 0 radical (unpaired) electrons. The Morgan fingerprint density at radius 3 is 2.67 bits per heavy atom. The van der Waals surface area contributed by atoms with E-state index in [1.54, 1.807) is 6.07 Å². The van der Waals surface area contributed by atoms with Gasteiger partial charge in [-0.05, 0) is 25.0 Å². The minimum Gasteiger partial charge on any atom is -0.388 e. The molecular weight excluding hydrogens is 270 g/mol. The molecule has 3 N–H and O–H groups in total. The number of nitrogens with zero attached hydrogens (tertiary/aromatic N) is 1. The molecule has 5 nitrogen and oxygen atoms in total. The van der Waals surface area contributed by atoms with Crippen LogP contribution in [-0.2, 0) is 9.84 Å². The van der Waals surface area contributed by atoms with Crippen LogP contribution in [0.15, 0.2) is 18.2 Å². The van der Waals surface area contributed by atoms with Crippen LogP contribution in [0.3, 0.4) is 0 Å². The number of aromatic nitrogens is 1. The van der Waals surface area contributed by atoms with Crippen LogP contribution in [0.4, 0.5) is 5.82 Å². The molecule has 0 bridgehead atoms. The summed E-state index contributed by atoms with van der Waals surface area (Å²) in [5.74, 6) is 1.16. The number of nitrogens with two attached hydrogens (primary N) is 1. The minimum atomic E-state index is -2.83. The van der Waals surface area contributed by atoms with Crippen molar-refractivity contribution in [2.75, 3.05) is 16.8 Å². The van der Waals surface area contributed by atoms with Crippen LogP contribution in [0.2, 0.25) is 0 Å². The summed E-state index contributed by atoms with van der Waals surface area (Å²) in [6.07, 6.45) is 1.22. The monoisotopic (exact) mass is 285 g/mol.